The van der Waals surface area contributed by atoms with E-state index in [1.54, 1.807) is 47.4 Å². The summed E-state index contributed by atoms with van der Waals surface area (Å²) in [6.45, 7) is 4.78. The van der Waals surface area contributed by atoms with Crippen LogP contribution in [-0.4, -0.2) is 32.3 Å². The Balaban J connectivity index is 2.39. The monoisotopic (exact) mass is 346 g/mol. The first-order chi connectivity index (χ1) is 11.5. The van der Waals surface area contributed by atoms with Crippen LogP contribution in [0.25, 0.3) is 0 Å². The molecule has 0 saturated heterocycles. The van der Waals surface area contributed by atoms with Crippen LogP contribution < -0.4 is 4.72 Å². The third-order valence-corrected chi connectivity index (χ3v) is 5.22. The van der Waals surface area contributed by atoms with Crippen molar-refractivity contribution < 1.29 is 13.2 Å². The summed E-state index contributed by atoms with van der Waals surface area (Å²) < 4.78 is 27.8. The number of rotatable bonds is 7. The highest BCUT2D eigenvalue weighted by Crippen LogP contribution is 2.19. The molecule has 2 aromatic rings. The summed E-state index contributed by atoms with van der Waals surface area (Å²) in [5.41, 5.74) is 0.619. The first kappa shape index (κ1) is 18.2. The molecule has 0 unspecified atom stereocenters. The van der Waals surface area contributed by atoms with Crippen molar-refractivity contribution in [1.29, 1.82) is 0 Å². The predicted molar refractivity (Wildman–Crippen MR) is 93.9 cm³/mol. The van der Waals surface area contributed by atoms with Crippen molar-refractivity contribution >= 4 is 15.9 Å². The Kier molecular flexibility index (Phi) is 6.11. The van der Waals surface area contributed by atoms with Crippen molar-refractivity contribution in [3.8, 4) is 0 Å². The van der Waals surface area contributed by atoms with E-state index in [0.29, 0.717) is 18.7 Å². The summed E-state index contributed by atoms with van der Waals surface area (Å²) in [6, 6.07) is 16.0. The molecule has 0 fully saturated rings. The minimum Gasteiger partial charge on any atom is -0.342 e. The average molecular weight is 346 g/mol. The topological polar surface area (TPSA) is 66.5 Å². The molecule has 0 bridgehead atoms. The molecule has 1 amide bonds. The van der Waals surface area contributed by atoms with Crippen molar-refractivity contribution in [3.05, 3.63) is 66.2 Å². The van der Waals surface area contributed by atoms with Gasteiger partial charge in [-0.25, -0.2) is 8.42 Å². The van der Waals surface area contributed by atoms with Gasteiger partial charge < -0.3 is 4.90 Å². The maximum atomic E-state index is 12.8. The smallest absolute Gasteiger partial charge is 0.245 e. The van der Waals surface area contributed by atoms with E-state index in [1.807, 2.05) is 19.9 Å². The highest BCUT2D eigenvalue weighted by Gasteiger charge is 2.29. The van der Waals surface area contributed by atoms with Crippen LogP contribution in [0.5, 0.6) is 0 Å². The number of amides is 1. The van der Waals surface area contributed by atoms with Crippen molar-refractivity contribution in [2.24, 2.45) is 0 Å². The molecule has 128 valence electrons. The minimum atomic E-state index is -3.80. The highest BCUT2D eigenvalue weighted by atomic mass is 32.2. The standard InChI is InChI=1S/C18H22N2O3S/c1-3-20(4-2)18(21)17(15-11-7-5-8-12-15)19-24(22,23)16-13-9-6-10-14-16/h5-14,17,19H,3-4H2,1-2H3/t17-/m0/s1. The fraction of sp³-hybridized carbons (Fsp3) is 0.278. The normalized spacial score (nSPS) is 12.6. The Morgan fingerprint density at radius 3 is 1.96 bits per heavy atom. The molecule has 5 nitrogen and oxygen atoms in total. The van der Waals surface area contributed by atoms with Crippen LogP contribution in [0.15, 0.2) is 65.6 Å². The van der Waals surface area contributed by atoms with E-state index in [1.165, 1.54) is 12.1 Å². The second-order valence-electron chi connectivity index (χ2n) is 5.29. The largest absolute Gasteiger partial charge is 0.342 e. The number of benzene rings is 2. The van der Waals surface area contributed by atoms with Crippen LogP contribution in [0.1, 0.15) is 25.5 Å². The van der Waals surface area contributed by atoms with E-state index in [4.69, 9.17) is 0 Å². The number of hydrogen-bond acceptors (Lipinski definition) is 3. The van der Waals surface area contributed by atoms with Gasteiger partial charge in [-0.1, -0.05) is 48.5 Å². The van der Waals surface area contributed by atoms with Crippen LogP contribution in [0.3, 0.4) is 0 Å². The van der Waals surface area contributed by atoms with E-state index >= 15 is 0 Å². The molecule has 0 aliphatic carbocycles. The van der Waals surface area contributed by atoms with Crippen molar-refractivity contribution in [2.75, 3.05) is 13.1 Å². The summed E-state index contributed by atoms with van der Waals surface area (Å²) in [5.74, 6) is -0.259. The third-order valence-electron chi connectivity index (χ3n) is 3.78. The average Bonchev–Trinajstić information content (AvgIpc) is 2.62. The van der Waals surface area contributed by atoms with Gasteiger partial charge in [0.15, 0.2) is 0 Å². The second kappa shape index (κ2) is 8.08. The van der Waals surface area contributed by atoms with Gasteiger partial charge in [0.2, 0.25) is 15.9 Å². The van der Waals surface area contributed by atoms with E-state index in [-0.39, 0.29) is 10.8 Å². The van der Waals surface area contributed by atoms with Gasteiger partial charge in [-0.05, 0) is 31.5 Å². The van der Waals surface area contributed by atoms with E-state index < -0.39 is 16.1 Å². The maximum absolute atomic E-state index is 12.8. The minimum absolute atomic E-state index is 0.137. The molecule has 6 heteroatoms. The Morgan fingerprint density at radius 1 is 0.958 bits per heavy atom. The molecule has 1 N–H and O–H groups in total. The lowest BCUT2D eigenvalue weighted by atomic mass is 10.1. The molecule has 0 saturated carbocycles. The maximum Gasteiger partial charge on any atom is 0.245 e. The summed E-state index contributed by atoms with van der Waals surface area (Å²) >= 11 is 0. The molecule has 2 rings (SSSR count). The van der Waals surface area contributed by atoms with Gasteiger partial charge >= 0.3 is 0 Å². The van der Waals surface area contributed by atoms with E-state index in [2.05, 4.69) is 4.72 Å². The van der Waals surface area contributed by atoms with Crippen LogP contribution >= 0.6 is 0 Å². The Labute approximate surface area is 143 Å². The molecule has 0 aromatic heterocycles. The molecule has 0 radical (unpaired) electrons. The molecule has 1 atom stereocenters. The van der Waals surface area contributed by atoms with Gasteiger partial charge in [0, 0.05) is 13.1 Å². The fourth-order valence-electron chi connectivity index (χ4n) is 2.45. The van der Waals surface area contributed by atoms with Crippen LogP contribution in [-0.2, 0) is 14.8 Å². The van der Waals surface area contributed by atoms with E-state index in [0.717, 1.165) is 0 Å². The zero-order valence-electron chi connectivity index (χ0n) is 13.8. The van der Waals surface area contributed by atoms with Crippen LogP contribution in [0.4, 0.5) is 0 Å². The molecule has 2 aromatic carbocycles. The highest BCUT2D eigenvalue weighted by molar-refractivity contribution is 7.89. The van der Waals surface area contributed by atoms with Crippen molar-refractivity contribution in [2.45, 2.75) is 24.8 Å². The van der Waals surface area contributed by atoms with Gasteiger partial charge in [-0.3, -0.25) is 4.79 Å². The summed E-state index contributed by atoms with van der Waals surface area (Å²) in [6.07, 6.45) is 0. The summed E-state index contributed by atoms with van der Waals surface area (Å²) in [4.78, 5) is 14.6. The first-order valence-corrected chi connectivity index (χ1v) is 9.39. The number of nitrogens with one attached hydrogen (secondary N) is 1. The number of carbonyl (C=O) groups excluding carboxylic acids is 1. The third kappa shape index (κ3) is 4.21. The van der Waals surface area contributed by atoms with Gasteiger partial charge in [0.1, 0.15) is 6.04 Å². The van der Waals surface area contributed by atoms with Crippen LogP contribution in [0, 0.1) is 0 Å². The van der Waals surface area contributed by atoms with Gasteiger partial charge in [0.05, 0.1) is 4.90 Å². The van der Waals surface area contributed by atoms with Gasteiger partial charge in [-0.15, -0.1) is 0 Å². The lowest BCUT2D eigenvalue weighted by molar-refractivity contribution is -0.132. The zero-order chi connectivity index (χ0) is 17.6. The Morgan fingerprint density at radius 2 is 1.46 bits per heavy atom. The molecular formula is C18H22N2O3S. The molecule has 24 heavy (non-hydrogen) atoms. The number of hydrogen-bond donors (Lipinski definition) is 1. The van der Waals surface area contributed by atoms with Crippen molar-refractivity contribution in [1.82, 2.24) is 9.62 Å². The summed E-state index contributed by atoms with van der Waals surface area (Å²) in [5, 5.41) is 0. The van der Waals surface area contributed by atoms with Crippen LogP contribution in [0.2, 0.25) is 0 Å². The Hall–Kier alpha value is -2.18. The SMILES string of the molecule is CCN(CC)C(=O)[C@@H](NS(=O)(=O)c1ccccc1)c1ccccc1. The molecule has 0 heterocycles. The predicted octanol–water partition coefficient (Wildman–Crippen LogP) is 2.57. The van der Waals surface area contributed by atoms with Gasteiger partial charge in [-0.2, -0.15) is 4.72 Å². The lowest BCUT2D eigenvalue weighted by Crippen LogP contribution is -2.42. The number of likely N-dealkylation sites (N-methyl/N-ethyl adjacent to an activating group) is 1. The first-order valence-electron chi connectivity index (χ1n) is 7.90. The van der Waals surface area contributed by atoms with Gasteiger partial charge in [0.25, 0.3) is 0 Å². The second-order valence-corrected chi connectivity index (χ2v) is 7.00. The molecule has 0 spiro atoms. The molecule has 0 aliphatic rings. The van der Waals surface area contributed by atoms with Crippen molar-refractivity contribution in [3.63, 3.8) is 0 Å². The fourth-order valence-corrected chi connectivity index (χ4v) is 3.65. The number of carbonyl (C=O) groups is 1. The quantitative estimate of drug-likeness (QED) is 0.838. The summed E-state index contributed by atoms with van der Waals surface area (Å²) in [7, 11) is -3.80. The molecular weight excluding hydrogens is 324 g/mol. The Bertz CT molecular complexity index is 757. The van der Waals surface area contributed by atoms with E-state index in [9.17, 15) is 13.2 Å². The lowest BCUT2D eigenvalue weighted by Gasteiger charge is -2.26. The number of sulfonamides is 1. The number of nitrogens with zero attached hydrogens (tertiary/aromatic N) is 1. The zero-order valence-corrected chi connectivity index (χ0v) is 14.7. The molecule has 0 aliphatic heterocycles.